The van der Waals surface area contributed by atoms with E-state index in [9.17, 15) is 18.8 Å². The second kappa shape index (κ2) is 11.5. The number of nitrogens with zero attached hydrogens (tertiary/aromatic N) is 3. The van der Waals surface area contributed by atoms with Crippen LogP contribution >= 0.6 is 11.6 Å². The van der Waals surface area contributed by atoms with Crippen molar-refractivity contribution in [1.82, 2.24) is 14.1 Å². The second-order valence-electron chi connectivity index (χ2n) is 9.08. The zero-order valence-corrected chi connectivity index (χ0v) is 21.5. The molecule has 0 saturated heterocycles. The molecule has 2 N–H and O–H groups in total. The molecular weight excluding hydrogens is 515 g/mol. The van der Waals surface area contributed by atoms with Gasteiger partial charge < -0.3 is 15.2 Å². The van der Waals surface area contributed by atoms with Gasteiger partial charge in [0.25, 0.3) is 0 Å². The Morgan fingerprint density at radius 2 is 1.95 bits per heavy atom. The molecule has 1 atom stereocenters. The first-order valence-electron chi connectivity index (χ1n) is 11.9. The van der Waals surface area contributed by atoms with Gasteiger partial charge >= 0.3 is 17.3 Å². The molecule has 0 spiro atoms. The van der Waals surface area contributed by atoms with Crippen LogP contribution in [0.4, 0.5) is 16.0 Å². The monoisotopic (exact) mass is 540 g/mol. The Balaban J connectivity index is 1.69. The Kier molecular flexibility index (Phi) is 8.11. The van der Waals surface area contributed by atoms with E-state index >= 15 is 0 Å². The van der Waals surface area contributed by atoms with Crippen molar-refractivity contribution in [1.29, 1.82) is 0 Å². The van der Waals surface area contributed by atoms with Gasteiger partial charge in [0.15, 0.2) is 11.6 Å². The molecule has 0 saturated carbocycles. The summed E-state index contributed by atoms with van der Waals surface area (Å²) in [5, 5.41) is 12.5. The molecule has 1 unspecified atom stereocenters. The van der Waals surface area contributed by atoms with Gasteiger partial charge in [0.1, 0.15) is 0 Å². The number of hydrogen-bond donors (Lipinski definition) is 2. The van der Waals surface area contributed by atoms with Crippen LogP contribution in [-0.4, -0.2) is 31.3 Å². The third-order valence-electron chi connectivity index (χ3n) is 5.81. The van der Waals surface area contributed by atoms with Crippen LogP contribution in [0.15, 0.2) is 75.9 Å². The van der Waals surface area contributed by atoms with Crippen LogP contribution in [0, 0.1) is 11.7 Å². The fourth-order valence-corrected chi connectivity index (χ4v) is 4.07. The van der Waals surface area contributed by atoms with Crippen LogP contribution < -0.4 is 21.4 Å². The van der Waals surface area contributed by atoms with Crippen molar-refractivity contribution >= 4 is 29.2 Å². The predicted molar refractivity (Wildman–Crippen MR) is 142 cm³/mol. The zero-order valence-electron chi connectivity index (χ0n) is 20.7. The number of allylic oxidation sites excluding steroid dienone is 2. The summed E-state index contributed by atoms with van der Waals surface area (Å²) in [4.78, 5) is 41.8. The van der Waals surface area contributed by atoms with Gasteiger partial charge in [-0.25, -0.2) is 23.3 Å². The van der Waals surface area contributed by atoms with Crippen LogP contribution in [0.2, 0.25) is 5.02 Å². The molecule has 0 bridgehead atoms. The molecule has 0 amide bonds. The number of hydrogen-bond acceptors (Lipinski definition) is 6. The number of nitrogens with one attached hydrogen (secondary N) is 1. The minimum absolute atomic E-state index is 0.0152. The highest BCUT2D eigenvalue weighted by Crippen LogP contribution is 2.24. The number of carboxylic acids is 1. The number of anilines is 2. The van der Waals surface area contributed by atoms with Gasteiger partial charge in [-0.3, -0.25) is 4.57 Å². The molecule has 2 aromatic carbocycles. The number of carbonyl (C=O) groups is 1. The van der Waals surface area contributed by atoms with Crippen LogP contribution in [0.1, 0.15) is 25.8 Å². The number of ether oxygens (including phenoxy) is 1. The van der Waals surface area contributed by atoms with Crippen LogP contribution in [0.3, 0.4) is 0 Å². The first-order chi connectivity index (χ1) is 18.1. The predicted octanol–water partition coefficient (Wildman–Crippen LogP) is 4.36. The fraction of sp³-hybridized carbons (Fsp3) is 0.259. The van der Waals surface area contributed by atoms with E-state index in [1.165, 1.54) is 22.8 Å². The maximum absolute atomic E-state index is 14.6. The van der Waals surface area contributed by atoms with Crippen molar-refractivity contribution in [2.75, 3.05) is 5.32 Å². The highest BCUT2D eigenvalue weighted by molar-refractivity contribution is 6.30. The van der Waals surface area contributed by atoms with E-state index < -0.39 is 23.2 Å². The molecule has 1 heterocycles. The SMILES string of the molecule is CC(C)Oc1ccc(Nc2nc(=O)n(CC3C=CC(C(=O)O)=CC3)c(=O)n2Cc2ccc(Cl)cc2)cc1F. The van der Waals surface area contributed by atoms with Gasteiger partial charge in [-0.1, -0.05) is 42.0 Å². The van der Waals surface area contributed by atoms with Crippen LogP contribution in [0.5, 0.6) is 5.75 Å². The van der Waals surface area contributed by atoms with Crippen molar-refractivity contribution in [3.05, 3.63) is 104 Å². The van der Waals surface area contributed by atoms with Crippen molar-refractivity contribution in [3.8, 4) is 5.75 Å². The number of aromatic nitrogens is 3. The Morgan fingerprint density at radius 3 is 2.55 bits per heavy atom. The lowest BCUT2D eigenvalue weighted by atomic mass is 9.96. The smallest absolute Gasteiger partial charge is 0.354 e. The normalized spacial score (nSPS) is 14.9. The van der Waals surface area contributed by atoms with E-state index in [4.69, 9.17) is 21.4 Å². The largest absolute Gasteiger partial charge is 0.488 e. The summed E-state index contributed by atoms with van der Waals surface area (Å²) in [7, 11) is 0. The van der Waals surface area contributed by atoms with Crippen LogP contribution in [0.25, 0.3) is 0 Å². The summed E-state index contributed by atoms with van der Waals surface area (Å²) in [6.45, 7) is 3.64. The quantitative estimate of drug-likeness (QED) is 0.414. The Bertz CT molecular complexity index is 1530. The lowest BCUT2D eigenvalue weighted by molar-refractivity contribution is -0.132. The van der Waals surface area contributed by atoms with Gasteiger partial charge in [-0.15, -0.1) is 0 Å². The van der Waals surface area contributed by atoms with E-state index in [1.807, 2.05) is 0 Å². The maximum atomic E-state index is 14.6. The summed E-state index contributed by atoms with van der Waals surface area (Å²) < 4.78 is 22.3. The molecule has 11 heteroatoms. The minimum atomic E-state index is -1.04. The molecule has 1 aromatic heterocycles. The van der Waals surface area contributed by atoms with Gasteiger partial charge in [-0.2, -0.15) is 4.98 Å². The van der Waals surface area contributed by atoms with Crippen molar-refractivity contribution in [2.45, 2.75) is 39.5 Å². The average Bonchev–Trinajstić information content (AvgIpc) is 2.87. The van der Waals surface area contributed by atoms with Gasteiger partial charge in [0.05, 0.1) is 18.2 Å². The number of rotatable bonds is 9. The molecule has 4 rings (SSSR count). The summed E-state index contributed by atoms with van der Waals surface area (Å²) >= 11 is 6.00. The average molecular weight is 541 g/mol. The molecular formula is C27H26ClFN4O5. The molecule has 3 aromatic rings. The van der Waals surface area contributed by atoms with Crippen molar-refractivity contribution in [3.63, 3.8) is 0 Å². The van der Waals surface area contributed by atoms with Crippen molar-refractivity contribution in [2.24, 2.45) is 5.92 Å². The summed E-state index contributed by atoms with van der Waals surface area (Å²) in [5.74, 6) is -1.90. The molecule has 9 nitrogen and oxygen atoms in total. The number of aliphatic carboxylic acids is 1. The standard InChI is InChI=1S/C27H26ClFN4O5/c1-16(2)38-23-12-11-21(13-22(23)29)30-25-31-26(36)33(15-17-3-7-19(8-4-17)24(34)35)27(37)32(25)14-18-5-9-20(28)10-6-18/h3,5-13,16-17H,4,14-15H2,1-2H3,(H,34,35)(H,30,31,36). The highest BCUT2D eigenvalue weighted by atomic mass is 35.5. The Morgan fingerprint density at radius 1 is 1.21 bits per heavy atom. The van der Waals surface area contributed by atoms with Gasteiger partial charge in [0, 0.05) is 23.3 Å². The topological polar surface area (TPSA) is 115 Å². The molecule has 1 aliphatic carbocycles. The molecule has 0 aliphatic heterocycles. The molecule has 0 fully saturated rings. The summed E-state index contributed by atoms with van der Waals surface area (Å²) in [5.41, 5.74) is -0.252. The highest BCUT2D eigenvalue weighted by Gasteiger charge is 2.19. The van der Waals surface area contributed by atoms with E-state index in [1.54, 1.807) is 56.3 Å². The number of halogens is 2. The lowest BCUT2D eigenvalue weighted by Crippen LogP contribution is -2.44. The summed E-state index contributed by atoms with van der Waals surface area (Å²) in [6, 6.07) is 11.1. The van der Waals surface area contributed by atoms with Crippen LogP contribution in [-0.2, 0) is 17.9 Å². The minimum Gasteiger partial charge on any atom is -0.488 e. The Labute approximate surface area is 222 Å². The second-order valence-corrected chi connectivity index (χ2v) is 9.52. The first kappa shape index (κ1) is 26.9. The van der Waals surface area contributed by atoms with E-state index in [0.717, 1.165) is 10.1 Å². The van der Waals surface area contributed by atoms with E-state index in [2.05, 4.69) is 10.3 Å². The number of carboxylic acid groups (broad SMARTS) is 1. The summed E-state index contributed by atoms with van der Waals surface area (Å²) in [6.07, 6.45) is 4.81. The molecule has 198 valence electrons. The third kappa shape index (κ3) is 6.38. The van der Waals surface area contributed by atoms with E-state index in [0.29, 0.717) is 11.4 Å². The number of benzene rings is 2. The third-order valence-corrected chi connectivity index (χ3v) is 6.06. The molecule has 38 heavy (non-hydrogen) atoms. The lowest BCUT2D eigenvalue weighted by Gasteiger charge is -2.19. The zero-order chi connectivity index (χ0) is 27.4. The molecule has 0 radical (unpaired) electrons. The maximum Gasteiger partial charge on any atom is 0.354 e. The molecule has 1 aliphatic rings. The van der Waals surface area contributed by atoms with E-state index in [-0.39, 0.29) is 48.1 Å². The first-order valence-corrected chi connectivity index (χ1v) is 12.3. The Hall–Kier alpha value is -4.18. The van der Waals surface area contributed by atoms with Gasteiger partial charge in [-0.05, 0) is 56.0 Å². The fourth-order valence-electron chi connectivity index (χ4n) is 3.95. The van der Waals surface area contributed by atoms with Gasteiger partial charge in [0.2, 0.25) is 5.95 Å². The van der Waals surface area contributed by atoms with Crippen molar-refractivity contribution < 1.29 is 19.0 Å².